The van der Waals surface area contributed by atoms with Gasteiger partial charge in [0.2, 0.25) is 0 Å². The van der Waals surface area contributed by atoms with Crippen molar-refractivity contribution >= 4 is 17.3 Å². The zero-order valence-corrected chi connectivity index (χ0v) is 10.7. The molecule has 0 saturated carbocycles. The first-order chi connectivity index (χ1) is 6.89. The normalized spacial score (nSPS) is 15.7. The Hall–Kier alpha value is -0.690. The topological polar surface area (TPSA) is 3.24 Å². The Morgan fingerprint density at radius 2 is 1.93 bits per heavy atom. The Morgan fingerprint density at radius 3 is 2.53 bits per heavy atom. The summed E-state index contributed by atoms with van der Waals surface area (Å²) in [7, 11) is 2.15. The molecule has 0 radical (unpaired) electrons. The van der Waals surface area contributed by atoms with Crippen LogP contribution in [0.3, 0.4) is 0 Å². The third kappa shape index (κ3) is 1.85. The second-order valence-corrected chi connectivity index (χ2v) is 5.79. The van der Waals surface area contributed by atoms with Crippen molar-refractivity contribution in [3.8, 4) is 0 Å². The Balaban J connectivity index is 2.55. The van der Waals surface area contributed by atoms with E-state index in [4.69, 9.17) is 11.6 Å². The van der Waals surface area contributed by atoms with Crippen LogP contribution in [0, 0.1) is 0 Å². The highest BCUT2D eigenvalue weighted by atomic mass is 35.5. The van der Waals surface area contributed by atoms with Crippen LogP contribution < -0.4 is 4.90 Å². The summed E-state index contributed by atoms with van der Waals surface area (Å²) in [5.41, 5.74) is 4.10. The molecule has 15 heavy (non-hydrogen) atoms. The van der Waals surface area contributed by atoms with Gasteiger partial charge in [0.1, 0.15) is 0 Å². The third-order valence-corrected chi connectivity index (χ3v) is 3.42. The molecule has 1 aromatic carbocycles. The van der Waals surface area contributed by atoms with E-state index in [2.05, 4.69) is 44.9 Å². The minimum Gasteiger partial charge on any atom is -0.374 e. The van der Waals surface area contributed by atoms with Crippen molar-refractivity contribution in [2.45, 2.75) is 32.6 Å². The first kappa shape index (κ1) is 10.8. The molecule has 0 bridgehead atoms. The van der Waals surface area contributed by atoms with E-state index in [1.807, 2.05) is 0 Å². The van der Waals surface area contributed by atoms with Crippen molar-refractivity contribution in [1.82, 2.24) is 0 Å². The van der Waals surface area contributed by atoms with Gasteiger partial charge >= 0.3 is 0 Å². The minimum atomic E-state index is 0.121. The van der Waals surface area contributed by atoms with Gasteiger partial charge < -0.3 is 4.90 Å². The SMILES string of the molecule is CN1CCc2cc(Cl)c(C(C)(C)C)cc21. The van der Waals surface area contributed by atoms with E-state index in [0.29, 0.717) is 0 Å². The molecule has 1 aliphatic heterocycles. The highest BCUT2D eigenvalue weighted by molar-refractivity contribution is 6.31. The summed E-state index contributed by atoms with van der Waals surface area (Å²) >= 11 is 6.32. The summed E-state index contributed by atoms with van der Waals surface area (Å²) in [5, 5.41) is 0.913. The fraction of sp³-hybridized carbons (Fsp3) is 0.538. The van der Waals surface area contributed by atoms with E-state index in [0.717, 1.165) is 18.0 Å². The van der Waals surface area contributed by atoms with Crippen LogP contribution in [0.2, 0.25) is 5.02 Å². The quantitative estimate of drug-likeness (QED) is 0.649. The van der Waals surface area contributed by atoms with E-state index >= 15 is 0 Å². The van der Waals surface area contributed by atoms with E-state index in [-0.39, 0.29) is 5.41 Å². The Morgan fingerprint density at radius 1 is 1.27 bits per heavy atom. The average molecular weight is 224 g/mol. The highest BCUT2D eigenvalue weighted by Gasteiger charge is 2.23. The smallest absolute Gasteiger partial charge is 0.0447 e. The van der Waals surface area contributed by atoms with Gasteiger partial charge in [0.05, 0.1) is 0 Å². The summed E-state index contributed by atoms with van der Waals surface area (Å²) < 4.78 is 0. The van der Waals surface area contributed by atoms with Gasteiger partial charge in [-0.2, -0.15) is 0 Å². The molecule has 0 saturated heterocycles. The highest BCUT2D eigenvalue weighted by Crippen LogP contribution is 2.37. The van der Waals surface area contributed by atoms with Crippen LogP contribution in [0.4, 0.5) is 5.69 Å². The molecular formula is C13H18ClN. The summed E-state index contributed by atoms with van der Waals surface area (Å²) in [5.74, 6) is 0. The second kappa shape index (κ2) is 3.41. The molecule has 1 nitrogen and oxygen atoms in total. The lowest BCUT2D eigenvalue weighted by atomic mass is 9.86. The lowest BCUT2D eigenvalue weighted by molar-refractivity contribution is 0.590. The second-order valence-electron chi connectivity index (χ2n) is 5.38. The van der Waals surface area contributed by atoms with Gasteiger partial charge in [0, 0.05) is 24.3 Å². The molecule has 2 rings (SSSR count). The maximum atomic E-state index is 6.32. The van der Waals surface area contributed by atoms with Crippen LogP contribution in [-0.4, -0.2) is 13.6 Å². The Kier molecular flexibility index (Phi) is 2.46. The average Bonchev–Trinajstić information content (AvgIpc) is 2.44. The predicted octanol–water partition coefficient (Wildman–Crippen LogP) is 3.63. The number of likely N-dealkylation sites (N-methyl/N-ethyl adjacent to an activating group) is 1. The number of hydrogen-bond donors (Lipinski definition) is 0. The molecule has 1 aromatic rings. The van der Waals surface area contributed by atoms with Gasteiger partial charge in [-0.3, -0.25) is 0 Å². The molecule has 0 unspecified atom stereocenters. The molecule has 0 amide bonds. The lowest BCUT2D eigenvalue weighted by Crippen LogP contribution is -2.15. The van der Waals surface area contributed by atoms with E-state index < -0.39 is 0 Å². The van der Waals surface area contributed by atoms with Crippen LogP contribution in [-0.2, 0) is 11.8 Å². The zero-order chi connectivity index (χ0) is 11.2. The molecule has 1 heterocycles. The standard InChI is InChI=1S/C13H18ClN/c1-13(2,3)10-8-12-9(7-11(10)14)5-6-15(12)4/h7-8H,5-6H2,1-4H3. The van der Waals surface area contributed by atoms with Crippen LogP contribution in [0.25, 0.3) is 0 Å². The number of benzene rings is 1. The van der Waals surface area contributed by atoms with E-state index in [1.165, 1.54) is 16.8 Å². The maximum Gasteiger partial charge on any atom is 0.0447 e. The van der Waals surface area contributed by atoms with Gasteiger partial charge in [0.15, 0.2) is 0 Å². The largest absolute Gasteiger partial charge is 0.374 e. The summed E-state index contributed by atoms with van der Waals surface area (Å²) in [6.45, 7) is 7.72. The van der Waals surface area contributed by atoms with Gasteiger partial charge in [-0.15, -0.1) is 0 Å². The van der Waals surface area contributed by atoms with Crippen molar-refractivity contribution in [3.63, 3.8) is 0 Å². The lowest BCUT2D eigenvalue weighted by Gasteiger charge is -2.23. The van der Waals surface area contributed by atoms with E-state index in [9.17, 15) is 0 Å². The molecule has 0 atom stereocenters. The number of hydrogen-bond acceptors (Lipinski definition) is 1. The molecular weight excluding hydrogens is 206 g/mol. The summed E-state index contributed by atoms with van der Waals surface area (Å²) in [4.78, 5) is 2.31. The molecule has 1 aliphatic rings. The van der Waals surface area contributed by atoms with Gasteiger partial charge in [-0.1, -0.05) is 32.4 Å². The summed E-state index contributed by atoms with van der Waals surface area (Å²) in [6, 6.07) is 4.39. The number of nitrogens with zero attached hydrogens (tertiary/aromatic N) is 1. The van der Waals surface area contributed by atoms with Gasteiger partial charge in [0.25, 0.3) is 0 Å². The molecule has 2 heteroatoms. The van der Waals surface area contributed by atoms with Crippen molar-refractivity contribution in [3.05, 3.63) is 28.3 Å². The summed E-state index contributed by atoms with van der Waals surface area (Å²) in [6.07, 6.45) is 1.12. The van der Waals surface area contributed by atoms with Gasteiger partial charge in [-0.25, -0.2) is 0 Å². The monoisotopic (exact) mass is 223 g/mol. The zero-order valence-electron chi connectivity index (χ0n) is 9.89. The van der Waals surface area contributed by atoms with Crippen molar-refractivity contribution in [1.29, 1.82) is 0 Å². The third-order valence-electron chi connectivity index (χ3n) is 3.10. The number of halogens is 1. The van der Waals surface area contributed by atoms with Crippen molar-refractivity contribution in [2.75, 3.05) is 18.5 Å². The number of rotatable bonds is 0. The molecule has 0 aliphatic carbocycles. The fourth-order valence-electron chi connectivity index (χ4n) is 2.14. The predicted molar refractivity (Wildman–Crippen MR) is 67.1 cm³/mol. The molecule has 0 aromatic heterocycles. The van der Waals surface area contributed by atoms with Gasteiger partial charge in [-0.05, 0) is 35.1 Å². The molecule has 0 spiro atoms. The van der Waals surface area contributed by atoms with Crippen molar-refractivity contribution < 1.29 is 0 Å². The van der Waals surface area contributed by atoms with Crippen LogP contribution in [0.15, 0.2) is 12.1 Å². The van der Waals surface area contributed by atoms with E-state index in [1.54, 1.807) is 0 Å². The Bertz CT molecular complexity index is 390. The minimum absolute atomic E-state index is 0.121. The fourth-order valence-corrected chi connectivity index (χ4v) is 2.61. The first-order valence-corrected chi connectivity index (χ1v) is 5.81. The molecule has 0 fully saturated rings. The maximum absolute atomic E-state index is 6.32. The van der Waals surface area contributed by atoms with Crippen molar-refractivity contribution in [2.24, 2.45) is 0 Å². The number of fused-ring (bicyclic) bond motifs is 1. The molecule has 82 valence electrons. The van der Waals surface area contributed by atoms with Crippen LogP contribution in [0.1, 0.15) is 31.9 Å². The van der Waals surface area contributed by atoms with Crippen LogP contribution >= 0.6 is 11.6 Å². The van der Waals surface area contributed by atoms with Crippen LogP contribution in [0.5, 0.6) is 0 Å². The molecule has 0 N–H and O–H groups in total. The Labute approximate surface area is 97.0 Å². The number of anilines is 1. The first-order valence-electron chi connectivity index (χ1n) is 5.43.